The molecule has 0 unspecified atom stereocenters. The molecule has 1 aromatic carbocycles. The van der Waals surface area contributed by atoms with E-state index in [9.17, 15) is 4.79 Å². The standard InChI is InChI=1S/C13H10Cl2N2O2/c1-19-13-6-9(16-7-17-13)5-12(18)10-4-8(14)2-3-11(10)15/h2-4,6-7H,5H2,1H3. The molecule has 0 saturated heterocycles. The third-order valence-electron chi connectivity index (χ3n) is 2.48. The summed E-state index contributed by atoms with van der Waals surface area (Å²) in [6.45, 7) is 0. The van der Waals surface area contributed by atoms with E-state index in [1.807, 2.05) is 0 Å². The molecule has 0 aliphatic heterocycles. The first-order chi connectivity index (χ1) is 9.10. The summed E-state index contributed by atoms with van der Waals surface area (Å²) in [7, 11) is 1.50. The summed E-state index contributed by atoms with van der Waals surface area (Å²) in [4.78, 5) is 20.0. The molecular weight excluding hydrogens is 287 g/mol. The summed E-state index contributed by atoms with van der Waals surface area (Å²) in [6, 6.07) is 6.38. The molecule has 0 spiro atoms. The van der Waals surface area contributed by atoms with Crippen molar-refractivity contribution in [1.82, 2.24) is 9.97 Å². The van der Waals surface area contributed by atoms with E-state index in [0.717, 1.165) is 0 Å². The van der Waals surface area contributed by atoms with Gasteiger partial charge in [-0.25, -0.2) is 9.97 Å². The fourth-order valence-electron chi connectivity index (χ4n) is 1.56. The maximum Gasteiger partial charge on any atom is 0.216 e. The molecule has 0 atom stereocenters. The second-order valence-electron chi connectivity index (χ2n) is 3.78. The Balaban J connectivity index is 2.23. The van der Waals surface area contributed by atoms with E-state index >= 15 is 0 Å². The average Bonchev–Trinajstić information content (AvgIpc) is 2.41. The number of carbonyl (C=O) groups is 1. The largest absolute Gasteiger partial charge is 0.481 e. The molecule has 2 rings (SSSR count). The number of hydrogen-bond donors (Lipinski definition) is 0. The first-order valence-corrected chi connectivity index (χ1v) is 6.19. The third kappa shape index (κ3) is 3.43. The monoisotopic (exact) mass is 296 g/mol. The lowest BCUT2D eigenvalue weighted by Gasteiger charge is -2.05. The average molecular weight is 297 g/mol. The SMILES string of the molecule is COc1cc(CC(=O)c2cc(Cl)ccc2Cl)ncn1. The summed E-state index contributed by atoms with van der Waals surface area (Å²) < 4.78 is 4.98. The van der Waals surface area contributed by atoms with Crippen molar-refractivity contribution in [3.05, 3.63) is 51.9 Å². The van der Waals surface area contributed by atoms with Crippen molar-refractivity contribution in [2.24, 2.45) is 0 Å². The quantitative estimate of drug-likeness (QED) is 0.813. The van der Waals surface area contributed by atoms with Crippen molar-refractivity contribution in [2.75, 3.05) is 7.11 Å². The van der Waals surface area contributed by atoms with Crippen LogP contribution >= 0.6 is 23.2 Å². The zero-order valence-electron chi connectivity index (χ0n) is 10.1. The van der Waals surface area contributed by atoms with Crippen LogP contribution in [0.4, 0.5) is 0 Å². The molecule has 2 aromatic rings. The number of aromatic nitrogens is 2. The molecule has 98 valence electrons. The van der Waals surface area contributed by atoms with E-state index < -0.39 is 0 Å². The molecule has 0 radical (unpaired) electrons. The van der Waals surface area contributed by atoms with E-state index in [4.69, 9.17) is 27.9 Å². The molecule has 6 heteroatoms. The second-order valence-corrected chi connectivity index (χ2v) is 4.62. The van der Waals surface area contributed by atoms with E-state index in [1.165, 1.54) is 13.4 Å². The summed E-state index contributed by atoms with van der Waals surface area (Å²) >= 11 is 11.8. The van der Waals surface area contributed by atoms with Gasteiger partial charge in [0.15, 0.2) is 5.78 Å². The number of hydrogen-bond acceptors (Lipinski definition) is 4. The van der Waals surface area contributed by atoms with Crippen LogP contribution in [0.25, 0.3) is 0 Å². The number of nitrogens with zero attached hydrogens (tertiary/aromatic N) is 2. The first kappa shape index (κ1) is 13.8. The molecule has 4 nitrogen and oxygen atoms in total. The smallest absolute Gasteiger partial charge is 0.216 e. The normalized spacial score (nSPS) is 10.3. The summed E-state index contributed by atoms with van der Waals surface area (Å²) in [5, 5.41) is 0.837. The number of halogens is 2. The Bertz CT molecular complexity index is 617. The molecule has 0 aliphatic rings. The number of carbonyl (C=O) groups excluding carboxylic acids is 1. The van der Waals surface area contributed by atoms with Gasteiger partial charge in [-0.3, -0.25) is 4.79 Å². The zero-order chi connectivity index (χ0) is 13.8. The van der Waals surface area contributed by atoms with Crippen LogP contribution < -0.4 is 4.74 Å². The Labute approximate surface area is 120 Å². The van der Waals surface area contributed by atoms with E-state index in [1.54, 1.807) is 24.3 Å². The zero-order valence-corrected chi connectivity index (χ0v) is 11.6. The van der Waals surface area contributed by atoms with Gasteiger partial charge in [0.05, 0.1) is 24.2 Å². The van der Waals surface area contributed by atoms with Gasteiger partial charge in [-0.1, -0.05) is 23.2 Å². The van der Waals surface area contributed by atoms with Gasteiger partial charge in [-0.05, 0) is 18.2 Å². The third-order valence-corrected chi connectivity index (χ3v) is 3.04. The number of ketones is 1. The summed E-state index contributed by atoms with van der Waals surface area (Å²) in [5.74, 6) is 0.253. The molecule has 0 N–H and O–H groups in total. The van der Waals surface area contributed by atoms with Crippen LogP contribution in [0.2, 0.25) is 10.0 Å². The molecule has 0 amide bonds. The lowest BCUT2D eigenvalue weighted by molar-refractivity contribution is 0.0992. The minimum Gasteiger partial charge on any atom is -0.481 e. The molecule has 1 aromatic heterocycles. The van der Waals surface area contributed by atoms with Crippen LogP contribution in [0.5, 0.6) is 5.88 Å². The molecule has 0 fully saturated rings. The predicted molar refractivity (Wildman–Crippen MR) is 73.1 cm³/mol. The number of rotatable bonds is 4. The highest BCUT2D eigenvalue weighted by molar-refractivity contribution is 6.35. The van der Waals surface area contributed by atoms with Crippen LogP contribution in [0.3, 0.4) is 0 Å². The van der Waals surface area contributed by atoms with Crippen molar-refractivity contribution < 1.29 is 9.53 Å². The van der Waals surface area contributed by atoms with Crippen molar-refractivity contribution in [3.8, 4) is 5.88 Å². The van der Waals surface area contributed by atoms with E-state index in [-0.39, 0.29) is 12.2 Å². The summed E-state index contributed by atoms with van der Waals surface area (Å²) in [5.41, 5.74) is 0.944. The first-order valence-electron chi connectivity index (χ1n) is 5.43. The Hall–Kier alpha value is -1.65. The number of ether oxygens (including phenoxy) is 1. The minimum absolute atomic E-state index is 0.110. The van der Waals surface area contributed by atoms with E-state index in [2.05, 4.69) is 9.97 Å². The van der Waals surface area contributed by atoms with Crippen LogP contribution in [-0.4, -0.2) is 22.9 Å². The minimum atomic E-state index is -0.159. The number of methoxy groups -OCH3 is 1. The lowest BCUT2D eigenvalue weighted by Crippen LogP contribution is -2.06. The molecule has 0 aliphatic carbocycles. The highest BCUT2D eigenvalue weighted by Crippen LogP contribution is 2.22. The van der Waals surface area contributed by atoms with E-state index in [0.29, 0.717) is 27.2 Å². The van der Waals surface area contributed by atoms with Gasteiger partial charge in [0.1, 0.15) is 6.33 Å². The highest BCUT2D eigenvalue weighted by Gasteiger charge is 2.13. The Morgan fingerprint density at radius 3 is 2.79 bits per heavy atom. The number of benzene rings is 1. The van der Waals surface area contributed by atoms with Gasteiger partial charge in [0, 0.05) is 16.7 Å². The maximum atomic E-state index is 12.1. The Kier molecular flexibility index (Phi) is 4.35. The lowest BCUT2D eigenvalue weighted by atomic mass is 10.1. The van der Waals surface area contributed by atoms with Gasteiger partial charge in [-0.15, -0.1) is 0 Å². The van der Waals surface area contributed by atoms with Gasteiger partial charge >= 0.3 is 0 Å². The van der Waals surface area contributed by atoms with Crippen molar-refractivity contribution in [3.63, 3.8) is 0 Å². The van der Waals surface area contributed by atoms with Gasteiger partial charge in [-0.2, -0.15) is 0 Å². The maximum absolute atomic E-state index is 12.1. The Morgan fingerprint density at radius 2 is 2.05 bits per heavy atom. The van der Waals surface area contributed by atoms with Crippen LogP contribution in [0.15, 0.2) is 30.6 Å². The number of Topliss-reactive ketones (excluding diaryl/α,β-unsaturated/α-hetero) is 1. The highest BCUT2D eigenvalue weighted by atomic mass is 35.5. The molecule has 1 heterocycles. The van der Waals surface area contributed by atoms with Crippen molar-refractivity contribution in [2.45, 2.75) is 6.42 Å². The van der Waals surface area contributed by atoms with Crippen LogP contribution in [-0.2, 0) is 6.42 Å². The summed E-state index contributed by atoms with van der Waals surface area (Å²) in [6.07, 6.45) is 1.46. The molecular formula is C13H10Cl2N2O2. The van der Waals surface area contributed by atoms with Gasteiger partial charge in [0.2, 0.25) is 5.88 Å². The fraction of sp³-hybridized carbons (Fsp3) is 0.154. The van der Waals surface area contributed by atoms with Gasteiger partial charge in [0.25, 0.3) is 0 Å². The topological polar surface area (TPSA) is 52.1 Å². The second kappa shape index (κ2) is 5.99. The molecule has 0 bridgehead atoms. The van der Waals surface area contributed by atoms with Crippen LogP contribution in [0.1, 0.15) is 16.1 Å². The Morgan fingerprint density at radius 1 is 1.26 bits per heavy atom. The molecule has 0 saturated carbocycles. The fourth-order valence-corrected chi connectivity index (χ4v) is 1.95. The predicted octanol–water partition coefficient (Wildman–Crippen LogP) is 3.22. The van der Waals surface area contributed by atoms with Crippen molar-refractivity contribution >= 4 is 29.0 Å². The van der Waals surface area contributed by atoms with Crippen LogP contribution in [0, 0.1) is 0 Å². The van der Waals surface area contributed by atoms with Crippen molar-refractivity contribution in [1.29, 1.82) is 0 Å². The molecule has 19 heavy (non-hydrogen) atoms. The van der Waals surface area contributed by atoms with Gasteiger partial charge < -0.3 is 4.74 Å².